The van der Waals surface area contributed by atoms with Crippen LogP contribution in [0.1, 0.15) is 81.7 Å². The lowest BCUT2D eigenvalue weighted by Crippen LogP contribution is -2.42. The Labute approximate surface area is 170 Å². The fourth-order valence-electron chi connectivity index (χ4n) is 4.39. The van der Waals surface area contributed by atoms with Crippen molar-refractivity contribution < 1.29 is 19.1 Å². The number of benzene rings is 1. The highest BCUT2D eigenvalue weighted by atomic mass is 16.5. The summed E-state index contributed by atoms with van der Waals surface area (Å²) in [5, 5.41) is 0. The maximum Gasteiger partial charge on any atom is 0.302 e. The molecular formula is C24H36O4. The van der Waals surface area contributed by atoms with Crippen molar-refractivity contribution in [1.82, 2.24) is 0 Å². The smallest absolute Gasteiger partial charge is 0.302 e. The summed E-state index contributed by atoms with van der Waals surface area (Å²) >= 11 is 0. The number of carbonyl (C=O) groups is 2. The number of rotatable bonds is 7. The van der Waals surface area contributed by atoms with Gasteiger partial charge in [0.05, 0.1) is 6.61 Å². The zero-order valence-corrected chi connectivity index (χ0v) is 18.6. The molecule has 1 aliphatic rings. The molecule has 0 N–H and O–H groups in total. The van der Waals surface area contributed by atoms with Crippen molar-refractivity contribution in [2.24, 2.45) is 5.92 Å². The van der Waals surface area contributed by atoms with E-state index in [2.05, 4.69) is 40.7 Å². The van der Waals surface area contributed by atoms with E-state index in [0.717, 1.165) is 32.1 Å². The number of hydrogen-bond donors (Lipinski definition) is 0. The van der Waals surface area contributed by atoms with Gasteiger partial charge in [-0.15, -0.1) is 0 Å². The van der Waals surface area contributed by atoms with E-state index in [1.54, 1.807) is 0 Å². The highest BCUT2D eigenvalue weighted by molar-refractivity contribution is 5.66. The minimum atomic E-state index is -0.208. The van der Waals surface area contributed by atoms with E-state index in [1.165, 1.54) is 41.7 Å². The number of esters is 2. The Morgan fingerprint density at radius 1 is 1.18 bits per heavy atom. The van der Waals surface area contributed by atoms with Crippen molar-refractivity contribution in [3.05, 3.63) is 33.9 Å². The number of hydrogen-bond acceptors (Lipinski definition) is 4. The van der Waals surface area contributed by atoms with Gasteiger partial charge in [-0.1, -0.05) is 26.8 Å². The third-order valence-electron chi connectivity index (χ3n) is 6.36. The molecule has 4 heteroatoms. The van der Waals surface area contributed by atoms with Gasteiger partial charge >= 0.3 is 11.9 Å². The average Bonchev–Trinajstić information content (AvgIpc) is 2.58. The third kappa shape index (κ3) is 5.15. The predicted octanol–water partition coefficient (Wildman–Crippen LogP) is 4.98. The van der Waals surface area contributed by atoms with E-state index in [9.17, 15) is 9.59 Å². The summed E-state index contributed by atoms with van der Waals surface area (Å²) in [5.41, 5.74) is 6.74. The molecule has 2 atom stereocenters. The lowest BCUT2D eigenvalue weighted by atomic mass is 9.68. The second-order valence-corrected chi connectivity index (χ2v) is 8.95. The van der Waals surface area contributed by atoms with Crippen LogP contribution in [0.2, 0.25) is 0 Å². The van der Waals surface area contributed by atoms with Crippen molar-refractivity contribution in [2.75, 3.05) is 6.61 Å². The monoisotopic (exact) mass is 388 g/mol. The molecular weight excluding hydrogens is 352 g/mol. The lowest BCUT2D eigenvalue weighted by molar-refractivity contribution is -0.150. The highest BCUT2D eigenvalue weighted by Crippen LogP contribution is 2.42. The molecule has 1 aromatic carbocycles. The van der Waals surface area contributed by atoms with Gasteiger partial charge in [0, 0.05) is 19.3 Å². The summed E-state index contributed by atoms with van der Waals surface area (Å²) < 4.78 is 10.7. The minimum Gasteiger partial charge on any atom is -0.466 e. The standard InChI is InChI=1S/C24H36O4/c1-15(12-13-27-18(4)25)8-9-20-17(3)16(2)14-22-21(20)10-11-23(24(22,6)7)28-19(5)26/h14-15,23H,8-13H2,1-7H3/t15-,23-/m0/s1. The van der Waals surface area contributed by atoms with Crippen molar-refractivity contribution in [3.8, 4) is 0 Å². The van der Waals surface area contributed by atoms with Crippen LogP contribution < -0.4 is 0 Å². The van der Waals surface area contributed by atoms with E-state index >= 15 is 0 Å². The van der Waals surface area contributed by atoms with Crippen LogP contribution in [0.3, 0.4) is 0 Å². The molecule has 1 aromatic rings. The zero-order chi connectivity index (χ0) is 21.1. The zero-order valence-electron chi connectivity index (χ0n) is 18.6. The number of carbonyl (C=O) groups excluding carboxylic acids is 2. The summed E-state index contributed by atoms with van der Waals surface area (Å²) in [6.45, 7) is 14.5. The summed E-state index contributed by atoms with van der Waals surface area (Å²) in [4.78, 5) is 22.5. The van der Waals surface area contributed by atoms with Crippen molar-refractivity contribution in [1.29, 1.82) is 0 Å². The normalized spacial score (nSPS) is 18.9. The summed E-state index contributed by atoms with van der Waals surface area (Å²) in [6.07, 6.45) is 4.76. The van der Waals surface area contributed by atoms with E-state index in [1.807, 2.05) is 0 Å². The second-order valence-electron chi connectivity index (χ2n) is 8.95. The van der Waals surface area contributed by atoms with Gasteiger partial charge in [0.25, 0.3) is 0 Å². The summed E-state index contributed by atoms with van der Waals surface area (Å²) in [6, 6.07) is 2.30. The Morgan fingerprint density at radius 2 is 1.86 bits per heavy atom. The van der Waals surface area contributed by atoms with Crippen molar-refractivity contribution in [2.45, 2.75) is 92.1 Å². The van der Waals surface area contributed by atoms with Gasteiger partial charge in [-0.05, 0) is 79.7 Å². The Balaban J connectivity index is 2.22. The SMILES string of the molecule is CC(=O)OCC[C@@H](C)CCc1c(C)c(C)cc2c1CC[C@H](OC(C)=O)C2(C)C. The van der Waals surface area contributed by atoms with E-state index < -0.39 is 0 Å². The van der Waals surface area contributed by atoms with Gasteiger partial charge in [0.1, 0.15) is 6.10 Å². The lowest BCUT2D eigenvalue weighted by Gasteiger charge is -2.41. The van der Waals surface area contributed by atoms with E-state index in [-0.39, 0.29) is 23.5 Å². The molecule has 2 rings (SSSR count). The first kappa shape index (κ1) is 22.4. The van der Waals surface area contributed by atoms with E-state index in [4.69, 9.17) is 9.47 Å². The first-order valence-electron chi connectivity index (χ1n) is 10.5. The fraction of sp³-hybridized carbons (Fsp3) is 0.667. The van der Waals surface area contributed by atoms with Gasteiger partial charge in [0.2, 0.25) is 0 Å². The second kappa shape index (κ2) is 9.11. The van der Waals surface area contributed by atoms with Crippen LogP contribution >= 0.6 is 0 Å². The van der Waals surface area contributed by atoms with Crippen LogP contribution in [-0.2, 0) is 37.3 Å². The molecule has 1 aliphatic carbocycles. The molecule has 0 aromatic heterocycles. The molecule has 0 aliphatic heterocycles. The molecule has 0 spiro atoms. The largest absolute Gasteiger partial charge is 0.466 e. The molecule has 0 saturated carbocycles. The van der Waals surface area contributed by atoms with Gasteiger partial charge in [0.15, 0.2) is 0 Å². The van der Waals surface area contributed by atoms with Crippen LogP contribution in [-0.4, -0.2) is 24.6 Å². The Kier molecular flexibility index (Phi) is 7.30. The number of fused-ring (bicyclic) bond motifs is 1. The van der Waals surface area contributed by atoms with Crippen LogP contribution in [0.5, 0.6) is 0 Å². The number of aryl methyl sites for hydroxylation is 1. The Hall–Kier alpha value is -1.84. The van der Waals surface area contributed by atoms with Gasteiger partial charge in [-0.2, -0.15) is 0 Å². The minimum absolute atomic E-state index is 0.0740. The molecule has 0 saturated heterocycles. The Morgan fingerprint density at radius 3 is 2.46 bits per heavy atom. The third-order valence-corrected chi connectivity index (χ3v) is 6.36. The van der Waals surface area contributed by atoms with Crippen LogP contribution in [0.15, 0.2) is 6.07 Å². The maximum atomic E-state index is 11.6. The predicted molar refractivity (Wildman–Crippen MR) is 112 cm³/mol. The first-order valence-corrected chi connectivity index (χ1v) is 10.5. The molecule has 0 radical (unpaired) electrons. The molecule has 4 nitrogen and oxygen atoms in total. The van der Waals surface area contributed by atoms with Gasteiger partial charge in [-0.25, -0.2) is 0 Å². The Bertz CT molecular complexity index is 733. The fourth-order valence-corrected chi connectivity index (χ4v) is 4.39. The molecule has 0 bridgehead atoms. The molecule has 0 unspecified atom stereocenters. The van der Waals surface area contributed by atoms with Crippen LogP contribution in [0.25, 0.3) is 0 Å². The maximum absolute atomic E-state index is 11.6. The average molecular weight is 389 g/mol. The quantitative estimate of drug-likeness (QED) is 0.618. The van der Waals surface area contributed by atoms with E-state index in [0.29, 0.717) is 12.5 Å². The highest BCUT2D eigenvalue weighted by Gasteiger charge is 2.40. The van der Waals surface area contributed by atoms with Crippen molar-refractivity contribution >= 4 is 11.9 Å². The first-order chi connectivity index (χ1) is 13.0. The topological polar surface area (TPSA) is 52.6 Å². The molecule has 0 heterocycles. The van der Waals surface area contributed by atoms with Crippen LogP contribution in [0, 0.1) is 19.8 Å². The van der Waals surface area contributed by atoms with Crippen molar-refractivity contribution in [3.63, 3.8) is 0 Å². The van der Waals surface area contributed by atoms with Gasteiger partial charge in [-0.3, -0.25) is 9.59 Å². The van der Waals surface area contributed by atoms with Gasteiger partial charge < -0.3 is 9.47 Å². The molecule has 0 amide bonds. The summed E-state index contributed by atoms with van der Waals surface area (Å²) in [5.74, 6) is 0.0906. The number of ether oxygens (including phenoxy) is 2. The van der Waals surface area contributed by atoms with Crippen LogP contribution in [0.4, 0.5) is 0 Å². The molecule has 28 heavy (non-hydrogen) atoms. The summed E-state index contributed by atoms with van der Waals surface area (Å²) in [7, 11) is 0. The molecule has 156 valence electrons. The molecule has 0 fully saturated rings.